The van der Waals surface area contributed by atoms with Crippen LogP contribution in [0.3, 0.4) is 0 Å². The van der Waals surface area contributed by atoms with Crippen LogP contribution in [-0.4, -0.2) is 115 Å². The van der Waals surface area contributed by atoms with Crippen molar-refractivity contribution in [2.24, 2.45) is 0 Å². The Balaban J connectivity index is 0.000000397. The first kappa shape index (κ1) is 38.2. The lowest BCUT2D eigenvalue weighted by Crippen LogP contribution is -2.46. The van der Waals surface area contributed by atoms with Gasteiger partial charge in [0.25, 0.3) is 0 Å². The number of aliphatic hydroxyl groups excluding tert-OH is 6. The van der Waals surface area contributed by atoms with Crippen molar-refractivity contribution in [3.05, 3.63) is 77.9 Å². The van der Waals surface area contributed by atoms with E-state index in [0.717, 1.165) is 45.9 Å². The van der Waals surface area contributed by atoms with E-state index >= 15 is 0 Å². The van der Waals surface area contributed by atoms with Gasteiger partial charge in [-0.3, -0.25) is 9.69 Å². The summed E-state index contributed by atoms with van der Waals surface area (Å²) in [5, 5.41) is 72.6. The second kappa shape index (κ2) is 18.3. The van der Waals surface area contributed by atoms with Crippen molar-refractivity contribution in [2.75, 3.05) is 39.5 Å². The van der Waals surface area contributed by atoms with Gasteiger partial charge in [-0.15, -0.1) is 23.7 Å². The smallest absolute Gasteiger partial charge is 0.195 e. The summed E-state index contributed by atoms with van der Waals surface area (Å²) in [7, 11) is 0. The third kappa shape index (κ3) is 10.1. The molecule has 0 spiro atoms. The lowest BCUT2D eigenvalue weighted by Gasteiger charge is -2.26. The molecule has 4 aromatic rings. The molecule has 2 heterocycles. The van der Waals surface area contributed by atoms with Gasteiger partial charge in [0.2, 0.25) is 0 Å². The Bertz CT molecular complexity index is 1530. The molecular weight excluding hydrogens is 650 g/mol. The summed E-state index contributed by atoms with van der Waals surface area (Å²) in [6, 6.07) is 19.2. The molecule has 0 radical (unpaired) electrons. The Kier molecular flexibility index (Phi) is 14.9. The summed E-state index contributed by atoms with van der Waals surface area (Å²) in [5.74, 6) is 1.01. The van der Waals surface area contributed by atoms with Crippen LogP contribution in [0.1, 0.15) is 35.2 Å². The van der Waals surface area contributed by atoms with Crippen LogP contribution in [0.4, 0.5) is 0 Å². The molecule has 1 aliphatic rings. The first-order valence-electron chi connectivity index (χ1n) is 15.1. The van der Waals surface area contributed by atoms with Gasteiger partial charge in [-0.1, -0.05) is 6.42 Å². The van der Waals surface area contributed by atoms with E-state index in [1.54, 1.807) is 42.5 Å². The highest BCUT2D eigenvalue weighted by molar-refractivity contribution is 7.22. The highest BCUT2D eigenvalue weighted by atomic mass is 35.5. The second-order valence-electron chi connectivity index (χ2n) is 11.1. The zero-order valence-corrected chi connectivity index (χ0v) is 27.3. The van der Waals surface area contributed by atoms with E-state index in [4.69, 9.17) is 35.4 Å². The molecule has 47 heavy (non-hydrogen) atoms. The van der Waals surface area contributed by atoms with Crippen molar-refractivity contribution in [1.29, 1.82) is 0 Å². The summed E-state index contributed by atoms with van der Waals surface area (Å²) in [6.45, 7) is 2.40. The average molecular weight is 692 g/mol. The minimum Gasteiger partial charge on any atom is -0.508 e. The molecule has 5 rings (SSSR count). The molecule has 1 aliphatic heterocycles. The predicted octanol–water partition coefficient (Wildman–Crippen LogP) is 2.91. The number of ketones is 1. The van der Waals surface area contributed by atoms with Gasteiger partial charge in [-0.25, -0.2) is 0 Å². The number of nitrogens with zero attached hydrogens (tertiary/aromatic N) is 1. The molecule has 3 aromatic carbocycles. The number of rotatable bonds is 12. The number of phenols is 2. The fourth-order valence-electron chi connectivity index (χ4n) is 5.12. The number of thiophene rings is 1. The molecule has 256 valence electrons. The van der Waals surface area contributed by atoms with Gasteiger partial charge in [-0.2, -0.15) is 0 Å². The molecule has 0 bridgehead atoms. The predicted molar refractivity (Wildman–Crippen MR) is 182 cm³/mol. The summed E-state index contributed by atoms with van der Waals surface area (Å²) in [5.41, 5.74) is 2.03. The molecule has 0 amide bonds. The quantitative estimate of drug-likeness (QED) is 0.102. The van der Waals surface area contributed by atoms with Crippen LogP contribution in [-0.2, 0) is 0 Å². The number of halogens is 1. The third-order valence-corrected chi connectivity index (χ3v) is 8.99. The van der Waals surface area contributed by atoms with E-state index in [2.05, 4.69) is 4.90 Å². The standard InChI is InChI=1S/C28H27NO4S.C6H14O6.ClH/c30-21-8-4-20(5-9-21)28-26(24-13-10-22(31)18-25(24)34-28)27(32)19-6-11-23(12-7-19)33-17-16-29-14-2-1-3-15-29;7-1-3(9)5(11)6(12)4(10)2-8;/h4-13,18,30-31H,1-3,14-17H2;3-12H,1-2H2;1H/t;3-,4-,5-,6-;/m.1./s1. The number of likely N-dealkylation sites (tertiary alicyclic amines) is 1. The largest absolute Gasteiger partial charge is 0.508 e. The number of aromatic hydroxyl groups is 2. The highest BCUT2D eigenvalue weighted by Gasteiger charge is 2.29. The highest BCUT2D eigenvalue weighted by Crippen LogP contribution is 2.41. The number of aliphatic hydroxyl groups is 6. The van der Waals surface area contributed by atoms with Gasteiger partial charge in [0.05, 0.1) is 13.2 Å². The molecule has 0 aliphatic carbocycles. The molecule has 1 fully saturated rings. The normalized spacial score (nSPS) is 15.9. The summed E-state index contributed by atoms with van der Waals surface area (Å²) in [6.07, 6.45) is -2.54. The van der Waals surface area contributed by atoms with Crippen molar-refractivity contribution >= 4 is 39.6 Å². The van der Waals surface area contributed by atoms with E-state index in [0.29, 0.717) is 17.7 Å². The number of ether oxygens (including phenoxy) is 1. The molecule has 11 nitrogen and oxygen atoms in total. The van der Waals surface area contributed by atoms with Gasteiger partial charge in [0, 0.05) is 32.6 Å². The number of carbonyl (C=O) groups excluding carboxylic acids is 1. The SMILES string of the molecule is Cl.O=C(c1ccc(OCCN2CCCCC2)cc1)c1c(-c2ccc(O)cc2)sc2cc(O)ccc12.OC[C@@H](O)[C@@H](O)[C@H](O)[C@H](O)CO. The van der Waals surface area contributed by atoms with Crippen molar-refractivity contribution in [3.8, 4) is 27.7 Å². The van der Waals surface area contributed by atoms with Crippen molar-refractivity contribution < 1.29 is 50.4 Å². The maximum atomic E-state index is 13.6. The number of phenolic OH excluding ortho intramolecular Hbond substituents is 2. The van der Waals surface area contributed by atoms with Crippen LogP contribution in [0, 0.1) is 0 Å². The molecule has 0 saturated carbocycles. The molecule has 4 atom stereocenters. The molecule has 0 unspecified atom stereocenters. The number of hydrogen-bond acceptors (Lipinski definition) is 12. The fraction of sp³-hybridized carbons (Fsp3) is 0.382. The fourth-order valence-corrected chi connectivity index (χ4v) is 6.36. The topological polar surface area (TPSA) is 191 Å². The van der Waals surface area contributed by atoms with Crippen LogP contribution >= 0.6 is 23.7 Å². The zero-order valence-electron chi connectivity index (χ0n) is 25.7. The zero-order chi connectivity index (χ0) is 33.2. The monoisotopic (exact) mass is 691 g/mol. The first-order valence-corrected chi connectivity index (χ1v) is 15.9. The van der Waals surface area contributed by atoms with Crippen molar-refractivity contribution in [1.82, 2.24) is 4.90 Å². The Morgan fingerprint density at radius 1 is 0.787 bits per heavy atom. The van der Waals surface area contributed by atoms with Gasteiger partial charge < -0.3 is 45.6 Å². The lowest BCUT2D eigenvalue weighted by atomic mass is 9.97. The second-order valence-corrected chi connectivity index (χ2v) is 12.2. The maximum Gasteiger partial charge on any atom is 0.195 e. The van der Waals surface area contributed by atoms with E-state index in [9.17, 15) is 15.0 Å². The minimum atomic E-state index is -1.67. The van der Waals surface area contributed by atoms with Crippen LogP contribution < -0.4 is 4.74 Å². The number of piperidine rings is 1. The van der Waals surface area contributed by atoms with E-state index < -0.39 is 37.6 Å². The molecule has 13 heteroatoms. The van der Waals surface area contributed by atoms with Crippen LogP contribution in [0.2, 0.25) is 0 Å². The Labute approximate surface area is 283 Å². The van der Waals surface area contributed by atoms with Crippen LogP contribution in [0.25, 0.3) is 20.5 Å². The van der Waals surface area contributed by atoms with Gasteiger partial charge >= 0.3 is 0 Å². The minimum absolute atomic E-state index is 0. The lowest BCUT2D eigenvalue weighted by molar-refractivity contribution is -0.123. The number of benzene rings is 3. The maximum absolute atomic E-state index is 13.6. The number of carbonyl (C=O) groups is 1. The van der Waals surface area contributed by atoms with Crippen LogP contribution in [0.15, 0.2) is 66.7 Å². The third-order valence-electron chi connectivity index (χ3n) is 7.78. The molecule has 8 N–H and O–H groups in total. The van der Waals surface area contributed by atoms with E-state index in [1.165, 1.54) is 30.6 Å². The van der Waals surface area contributed by atoms with Gasteiger partial charge in [0.1, 0.15) is 48.3 Å². The first-order chi connectivity index (χ1) is 22.1. The van der Waals surface area contributed by atoms with Crippen LogP contribution in [0.5, 0.6) is 17.2 Å². The van der Waals surface area contributed by atoms with E-state index in [1.807, 2.05) is 24.3 Å². The molecule has 1 aromatic heterocycles. The van der Waals surface area contributed by atoms with E-state index in [-0.39, 0.29) is 29.7 Å². The van der Waals surface area contributed by atoms with Gasteiger partial charge in [0.15, 0.2) is 5.78 Å². The average Bonchev–Trinajstić information content (AvgIpc) is 3.46. The Hall–Kier alpha value is -3.30. The summed E-state index contributed by atoms with van der Waals surface area (Å²) < 4.78 is 6.76. The number of hydrogen-bond donors (Lipinski definition) is 8. The Morgan fingerprint density at radius 2 is 1.36 bits per heavy atom. The van der Waals surface area contributed by atoms with Crippen molar-refractivity contribution in [3.63, 3.8) is 0 Å². The molecule has 1 saturated heterocycles. The Morgan fingerprint density at radius 3 is 1.94 bits per heavy atom. The van der Waals surface area contributed by atoms with Crippen molar-refractivity contribution in [2.45, 2.75) is 43.7 Å². The summed E-state index contributed by atoms with van der Waals surface area (Å²) >= 11 is 1.46. The summed E-state index contributed by atoms with van der Waals surface area (Å²) in [4.78, 5) is 16.9. The molecular formula is C34H42ClNO10S. The van der Waals surface area contributed by atoms with Gasteiger partial charge in [-0.05, 0) is 98.2 Å². The number of fused-ring (bicyclic) bond motifs is 1.